The highest BCUT2D eigenvalue weighted by Gasteiger charge is 2.02. The van der Waals surface area contributed by atoms with Crippen LogP contribution in [0.15, 0.2) is 17.3 Å². The van der Waals surface area contributed by atoms with Gasteiger partial charge in [0.25, 0.3) is 0 Å². The second-order valence-electron chi connectivity index (χ2n) is 2.58. The zero-order chi connectivity index (χ0) is 9.84. The van der Waals surface area contributed by atoms with E-state index in [1.165, 1.54) is 13.3 Å². The molecule has 0 atom stereocenters. The fourth-order valence-corrected chi connectivity index (χ4v) is 1.07. The summed E-state index contributed by atoms with van der Waals surface area (Å²) in [6, 6.07) is 3.22. The number of halogens is 1. The van der Waals surface area contributed by atoms with Crippen LogP contribution in [0.5, 0.6) is 5.75 Å². The topological polar surface area (TPSA) is 41.8 Å². The summed E-state index contributed by atoms with van der Waals surface area (Å²) >= 11 is 5.85. The summed E-state index contributed by atoms with van der Waals surface area (Å²) in [4.78, 5) is 4.49. The molecule has 1 aromatic carbocycles. The van der Waals surface area contributed by atoms with E-state index >= 15 is 0 Å². The molecule has 3 nitrogen and oxygen atoms in total. The smallest absolute Gasteiger partial charge is 0.124 e. The fourth-order valence-electron chi connectivity index (χ4n) is 0.895. The maximum absolute atomic E-state index is 9.44. The number of nitrogens with zero attached hydrogens (tertiary/aromatic N) is 1. The predicted octanol–water partition coefficient (Wildman–Crippen LogP) is 2.33. The lowest BCUT2D eigenvalue weighted by molar-refractivity contribution is 0.215. The number of aryl methyl sites for hydroxylation is 1. The lowest BCUT2D eigenvalue weighted by Gasteiger charge is -2.02. The standard InChI is InChI=1S/C9H10ClNO2/c1-6-3-9(12)7(4-8(6)10)5-11-13-2/h3-5,12H,1-2H3. The first-order valence-corrected chi connectivity index (χ1v) is 4.08. The highest BCUT2D eigenvalue weighted by atomic mass is 35.5. The van der Waals surface area contributed by atoms with Crippen molar-refractivity contribution in [1.29, 1.82) is 0 Å². The minimum atomic E-state index is 0.141. The van der Waals surface area contributed by atoms with Crippen LogP contribution >= 0.6 is 11.6 Å². The third-order valence-corrected chi connectivity index (χ3v) is 2.01. The highest BCUT2D eigenvalue weighted by Crippen LogP contribution is 2.24. The Morgan fingerprint density at radius 1 is 1.54 bits per heavy atom. The summed E-state index contributed by atoms with van der Waals surface area (Å²) in [5.74, 6) is 0.141. The first-order valence-electron chi connectivity index (χ1n) is 3.70. The van der Waals surface area contributed by atoms with E-state index in [2.05, 4.69) is 9.99 Å². The van der Waals surface area contributed by atoms with E-state index in [0.29, 0.717) is 10.6 Å². The van der Waals surface area contributed by atoms with Crippen LogP contribution in [-0.2, 0) is 4.84 Å². The molecule has 0 saturated heterocycles. The molecule has 0 fully saturated rings. The molecule has 0 bridgehead atoms. The number of hydrogen-bond acceptors (Lipinski definition) is 3. The zero-order valence-corrected chi connectivity index (χ0v) is 8.17. The van der Waals surface area contributed by atoms with Gasteiger partial charge >= 0.3 is 0 Å². The number of rotatable bonds is 2. The third-order valence-electron chi connectivity index (χ3n) is 1.61. The van der Waals surface area contributed by atoms with Crippen molar-refractivity contribution in [3.63, 3.8) is 0 Å². The lowest BCUT2D eigenvalue weighted by Crippen LogP contribution is -1.85. The van der Waals surface area contributed by atoms with Gasteiger partial charge in [0.05, 0.1) is 6.21 Å². The molecule has 0 spiro atoms. The molecule has 0 aromatic heterocycles. The molecule has 0 radical (unpaired) electrons. The maximum atomic E-state index is 9.44. The third kappa shape index (κ3) is 2.36. The summed E-state index contributed by atoms with van der Waals surface area (Å²) in [6.45, 7) is 1.82. The van der Waals surface area contributed by atoms with Gasteiger partial charge in [-0.25, -0.2) is 0 Å². The molecule has 1 rings (SSSR count). The molecular weight excluding hydrogens is 190 g/mol. The van der Waals surface area contributed by atoms with Crippen molar-refractivity contribution in [3.05, 3.63) is 28.3 Å². The summed E-state index contributed by atoms with van der Waals surface area (Å²) in [5.41, 5.74) is 1.37. The van der Waals surface area contributed by atoms with Gasteiger partial charge in [0, 0.05) is 10.6 Å². The average Bonchev–Trinajstić information content (AvgIpc) is 2.09. The van der Waals surface area contributed by atoms with E-state index in [0.717, 1.165) is 5.56 Å². The van der Waals surface area contributed by atoms with Gasteiger partial charge in [0.2, 0.25) is 0 Å². The van der Waals surface area contributed by atoms with Gasteiger partial charge in [-0.2, -0.15) is 0 Å². The quantitative estimate of drug-likeness (QED) is 0.587. The van der Waals surface area contributed by atoms with Crippen molar-refractivity contribution in [2.24, 2.45) is 5.16 Å². The Bertz CT molecular complexity index is 337. The fraction of sp³-hybridized carbons (Fsp3) is 0.222. The molecular formula is C9H10ClNO2. The molecule has 70 valence electrons. The summed E-state index contributed by atoms with van der Waals surface area (Å²) < 4.78 is 0. The molecule has 0 unspecified atom stereocenters. The zero-order valence-electron chi connectivity index (χ0n) is 7.41. The lowest BCUT2D eigenvalue weighted by atomic mass is 10.1. The van der Waals surface area contributed by atoms with Crippen LogP contribution < -0.4 is 0 Å². The number of phenols is 1. The van der Waals surface area contributed by atoms with Crippen molar-refractivity contribution < 1.29 is 9.94 Å². The molecule has 13 heavy (non-hydrogen) atoms. The first kappa shape index (κ1) is 9.86. The van der Waals surface area contributed by atoms with E-state index in [1.54, 1.807) is 12.1 Å². The minimum absolute atomic E-state index is 0.141. The SMILES string of the molecule is CON=Cc1cc(Cl)c(C)cc1O. The maximum Gasteiger partial charge on any atom is 0.124 e. The van der Waals surface area contributed by atoms with Gasteiger partial charge in [-0.1, -0.05) is 16.8 Å². The molecule has 0 amide bonds. The van der Waals surface area contributed by atoms with E-state index in [9.17, 15) is 5.11 Å². The van der Waals surface area contributed by atoms with Crippen LogP contribution in [-0.4, -0.2) is 18.4 Å². The molecule has 0 aliphatic heterocycles. The van der Waals surface area contributed by atoms with Crippen molar-refractivity contribution in [2.75, 3.05) is 7.11 Å². The van der Waals surface area contributed by atoms with Gasteiger partial charge in [-0.15, -0.1) is 0 Å². The van der Waals surface area contributed by atoms with E-state index < -0.39 is 0 Å². The van der Waals surface area contributed by atoms with Crippen LogP contribution in [0.2, 0.25) is 5.02 Å². The number of phenolic OH excluding ortho intramolecular Hbond substituents is 1. The molecule has 0 aliphatic rings. The molecule has 0 saturated carbocycles. The Kier molecular flexibility index (Phi) is 3.14. The second-order valence-corrected chi connectivity index (χ2v) is 2.98. The largest absolute Gasteiger partial charge is 0.507 e. The van der Waals surface area contributed by atoms with Crippen LogP contribution in [0.1, 0.15) is 11.1 Å². The van der Waals surface area contributed by atoms with Gasteiger partial charge in [0.1, 0.15) is 12.9 Å². The van der Waals surface area contributed by atoms with Gasteiger partial charge < -0.3 is 9.94 Å². The number of hydrogen-bond donors (Lipinski definition) is 1. The Labute approximate surface area is 81.6 Å². The number of aromatic hydroxyl groups is 1. The van der Waals surface area contributed by atoms with Gasteiger partial charge in [0.15, 0.2) is 0 Å². The van der Waals surface area contributed by atoms with E-state index in [4.69, 9.17) is 11.6 Å². The van der Waals surface area contributed by atoms with E-state index in [-0.39, 0.29) is 5.75 Å². The molecule has 4 heteroatoms. The molecule has 1 aromatic rings. The Morgan fingerprint density at radius 2 is 2.23 bits per heavy atom. The second kappa shape index (κ2) is 4.14. The Balaban J connectivity index is 3.08. The molecule has 0 aliphatic carbocycles. The van der Waals surface area contributed by atoms with Crippen LogP contribution in [0.3, 0.4) is 0 Å². The molecule has 0 heterocycles. The number of oxime groups is 1. The highest BCUT2D eigenvalue weighted by molar-refractivity contribution is 6.31. The van der Waals surface area contributed by atoms with Crippen LogP contribution in [0, 0.1) is 6.92 Å². The Morgan fingerprint density at radius 3 is 2.85 bits per heavy atom. The normalized spacial score (nSPS) is 10.7. The molecule has 1 N–H and O–H groups in total. The Hall–Kier alpha value is -1.22. The minimum Gasteiger partial charge on any atom is -0.507 e. The average molecular weight is 200 g/mol. The first-order chi connectivity index (χ1) is 6.15. The summed E-state index contributed by atoms with van der Waals surface area (Å²) in [7, 11) is 1.43. The van der Waals surface area contributed by atoms with Gasteiger partial charge in [-0.05, 0) is 24.6 Å². The summed E-state index contributed by atoms with van der Waals surface area (Å²) in [6.07, 6.45) is 1.40. The van der Waals surface area contributed by atoms with Crippen molar-refractivity contribution >= 4 is 17.8 Å². The van der Waals surface area contributed by atoms with Crippen molar-refractivity contribution in [2.45, 2.75) is 6.92 Å². The van der Waals surface area contributed by atoms with Crippen LogP contribution in [0.25, 0.3) is 0 Å². The van der Waals surface area contributed by atoms with Gasteiger partial charge in [-0.3, -0.25) is 0 Å². The summed E-state index contributed by atoms with van der Waals surface area (Å²) in [5, 5.41) is 13.6. The van der Waals surface area contributed by atoms with Crippen LogP contribution in [0.4, 0.5) is 0 Å². The van der Waals surface area contributed by atoms with Crippen molar-refractivity contribution in [1.82, 2.24) is 0 Å². The predicted molar refractivity (Wildman–Crippen MR) is 52.5 cm³/mol. The number of benzene rings is 1. The van der Waals surface area contributed by atoms with E-state index in [1.807, 2.05) is 6.92 Å². The monoisotopic (exact) mass is 199 g/mol. The van der Waals surface area contributed by atoms with Crippen molar-refractivity contribution in [3.8, 4) is 5.75 Å².